The van der Waals surface area contributed by atoms with Crippen LogP contribution in [0.1, 0.15) is 27.5 Å². The Morgan fingerprint density at radius 3 is 2.27 bits per heavy atom. The number of carbonyl (C=O) groups excluding carboxylic acids is 4. The molecule has 1 aliphatic rings. The zero-order valence-electron chi connectivity index (χ0n) is 17.7. The van der Waals surface area contributed by atoms with Crippen molar-refractivity contribution in [3.05, 3.63) is 102 Å². The van der Waals surface area contributed by atoms with Gasteiger partial charge in [0, 0.05) is 11.3 Å². The van der Waals surface area contributed by atoms with Crippen molar-refractivity contribution in [1.29, 1.82) is 0 Å². The smallest absolute Gasteiger partial charge is 0.324 e. The van der Waals surface area contributed by atoms with Crippen LogP contribution in [-0.4, -0.2) is 35.2 Å². The standard InChI is InChI=1S/C25H22N4O4/c30-21-15-26-25(33)29(21)16-17-8-7-13-20(14-17)27-24(32)22(18-9-3-1-4-10-18)28-23(31)19-11-5-2-6-12-19/h1-14,22H,15-16H2,(H,26,33)(H,27,32)(H,28,31). The molecular formula is C25H22N4O4. The van der Waals surface area contributed by atoms with E-state index in [1.54, 1.807) is 72.8 Å². The number of nitrogens with zero attached hydrogens (tertiary/aromatic N) is 1. The lowest BCUT2D eigenvalue weighted by molar-refractivity contribution is -0.125. The zero-order valence-corrected chi connectivity index (χ0v) is 17.7. The van der Waals surface area contributed by atoms with Crippen LogP contribution in [0.4, 0.5) is 10.5 Å². The first-order valence-corrected chi connectivity index (χ1v) is 10.4. The predicted molar refractivity (Wildman–Crippen MR) is 122 cm³/mol. The molecule has 3 N–H and O–H groups in total. The van der Waals surface area contributed by atoms with Gasteiger partial charge < -0.3 is 16.0 Å². The Balaban J connectivity index is 1.51. The van der Waals surface area contributed by atoms with Crippen molar-refractivity contribution < 1.29 is 19.2 Å². The van der Waals surface area contributed by atoms with Crippen molar-refractivity contribution >= 4 is 29.4 Å². The third-order valence-electron chi connectivity index (χ3n) is 5.18. The Morgan fingerprint density at radius 1 is 0.909 bits per heavy atom. The number of imide groups is 1. The molecule has 4 rings (SSSR count). The lowest BCUT2D eigenvalue weighted by Gasteiger charge is -2.19. The maximum atomic E-state index is 13.2. The molecule has 3 aromatic rings. The van der Waals surface area contributed by atoms with Gasteiger partial charge in [0.15, 0.2) is 0 Å². The van der Waals surface area contributed by atoms with E-state index in [0.717, 1.165) is 4.90 Å². The molecule has 0 aromatic heterocycles. The second kappa shape index (κ2) is 9.78. The summed E-state index contributed by atoms with van der Waals surface area (Å²) < 4.78 is 0. The van der Waals surface area contributed by atoms with Gasteiger partial charge in [-0.15, -0.1) is 0 Å². The first-order valence-electron chi connectivity index (χ1n) is 10.4. The Labute approximate surface area is 190 Å². The van der Waals surface area contributed by atoms with Crippen LogP contribution in [0.2, 0.25) is 0 Å². The normalized spacial score (nSPS) is 13.9. The van der Waals surface area contributed by atoms with E-state index in [1.165, 1.54) is 0 Å². The highest BCUT2D eigenvalue weighted by Gasteiger charge is 2.28. The van der Waals surface area contributed by atoms with Gasteiger partial charge in [0.2, 0.25) is 5.91 Å². The van der Waals surface area contributed by atoms with Gasteiger partial charge in [-0.1, -0.05) is 60.7 Å². The summed E-state index contributed by atoms with van der Waals surface area (Å²) in [6.07, 6.45) is 0. The molecule has 1 saturated heterocycles. The highest BCUT2D eigenvalue weighted by atomic mass is 16.2. The zero-order chi connectivity index (χ0) is 23.2. The van der Waals surface area contributed by atoms with Crippen LogP contribution in [-0.2, 0) is 16.1 Å². The minimum atomic E-state index is -0.923. The second-order valence-corrected chi connectivity index (χ2v) is 7.51. The minimum absolute atomic E-state index is 0.0187. The molecule has 0 saturated carbocycles. The SMILES string of the molecule is O=C(NC(C(=O)Nc1cccc(CN2C(=O)CNC2=O)c1)c1ccccc1)c1ccccc1. The van der Waals surface area contributed by atoms with Gasteiger partial charge in [0.1, 0.15) is 6.04 Å². The van der Waals surface area contributed by atoms with Gasteiger partial charge in [-0.05, 0) is 35.4 Å². The van der Waals surface area contributed by atoms with Crippen LogP contribution in [0.15, 0.2) is 84.9 Å². The molecule has 0 bridgehead atoms. The van der Waals surface area contributed by atoms with Gasteiger partial charge in [0.25, 0.3) is 11.8 Å². The lowest BCUT2D eigenvalue weighted by atomic mass is 10.0. The summed E-state index contributed by atoms with van der Waals surface area (Å²) in [4.78, 5) is 50.7. The van der Waals surface area contributed by atoms with Crippen molar-refractivity contribution in [1.82, 2.24) is 15.5 Å². The number of nitrogens with one attached hydrogen (secondary N) is 3. The van der Waals surface area contributed by atoms with Crippen LogP contribution < -0.4 is 16.0 Å². The molecule has 0 spiro atoms. The molecular weight excluding hydrogens is 420 g/mol. The van der Waals surface area contributed by atoms with Gasteiger partial charge in [-0.2, -0.15) is 0 Å². The molecule has 8 heteroatoms. The van der Waals surface area contributed by atoms with Crippen LogP contribution in [0.25, 0.3) is 0 Å². The number of amides is 5. The number of carbonyl (C=O) groups is 4. The topological polar surface area (TPSA) is 108 Å². The van der Waals surface area contributed by atoms with E-state index in [0.29, 0.717) is 22.4 Å². The van der Waals surface area contributed by atoms with Gasteiger partial charge >= 0.3 is 6.03 Å². The number of hydrogen-bond acceptors (Lipinski definition) is 4. The van der Waals surface area contributed by atoms with E-state index in [4.69, 9.17) is 0 Å². The first kappa shape index (κ1) is 21.8. The van der Waals surface area contributed by atoms with Crippen LogP contribution in [0.3, 0.4) is 0 Å². The molecule has 3 aromatic carbocycles. The van der Waals surface area contributed by atoms with Crippen LogP contribution in [0.5, 0.6) is 0 Å². The average molecular weight is 442 g/mol. The number of benzene rings is 3. The summed E-state index contributed by atoms with van der Waals surface area (Å²) in [5.74, 6) is -1.09. The predicted octanol–water partition coefficient (Wildman–Crippen LogP) is 2.85. The molecule has 1 unspecified atom stereocenters. The third kappa shape index (κ3) is 5.24. The number of anilines is 1. The van der Waals surface area contributed by atoms with Crippen LogP contribution in [0, 0.1) is 0 Å². The second-order valence-electron chi connectivity index (χ2n) is 7.51. The fourth-order valence-corrected chi connectivity index (χ4v) is 3.51. The average Bonchev–Trinajstić information content (AvgIpc) is 3.15. The molecule has 166 valence electrons. The van der Waals surface area contributed by atoms with E-state index in [-0.39, 0.29) is 24.9 Å². The van der Waals surface area contributed by atoms with Crippen molar-refractivity contribution in [2.75, 3.05) is 11.9 Å². The first-order chi connectivity index (χ1) is 16.0. The highest BCUT2D eigenvalue weighted by Crippen LogP contribution is 2.19. The lowest BCUT2D eigenvalue weighted by Crippen LogP contribution is -2.37. The Morgan fingerprint density at radius 2 is 1.61 bits per heavy atom. The van der Waals surface area contributed by atoms with E-state index >= 15 is 0 Å². The van der Waals surface area contributed by atoms with Crippen LogP contribution >= 0.6 is 0 Å². The summed E-state index contributed by atoms with van der Waals surface area (Å²) in [5.41, 5.74) is 2.25. The van der Waals surface area contributed by atoms with E-state index < -0.39 is 18.0 Å². The molecule has 1 atom stereocenters. The van der Waals surface area contributed by atoms with Crippen molar-refractivity contribution in [3.63, 3.8) is 0 Å². The molecule has 33 heavy (non-hydrogen) atoms. The number of rotatable bonds is 7. The van der Waals surface area contributed by atoms with Gasteiger partial charge in [-0.3, -0.25) is 19.3 Å². The maximum absolute atomic E-state index is 13.2. The van der Waals surface area contributed by atoms with Gasteiger partial charge in [0.05, 0.1) is 13.1 Å². The van der Waals surface area contributed by atoms with Crippen molar-refractivity contribution in [3.8, 4) is 0 Å². The van der Waals surface area contributed by atoms with Crippen molar-refractivity contribution in [2.24, 2.45) is 0 Å². The fourth-order valence-electron chi connectivity index (χ4n) is 3.51. The molecule has 1 fully saturated rings. The molecule has 8 nitrogen and oxygen atoms in total. The summed E-state index contributed by atoms with van der Waals surface area (Å²) in [5, 5.41) is 8.10. The summed E-state index contributed by atoms with van der Waals surface area (Å²) in [6.45, 7) is 0.0797. The van der Waals surface area contributed by atoms with E-state index in [1.807, 2.05) is 12.1 Å². The minimum Gasteiger partial charge on any atom is -0.336 e. The monoisotopic (exact) mass is 442 g/mol. The Bertz CT molecular complexity index is 1170. The largest absolute Gasteiger partial charge is 0.336 e. The molecule has 5 amide bonds. The third-order valence-corrected chi connectivity index (χ3v) is 5.18. The molecule has 1 aliphatic heterocycles. The Kier molecular flexibility index (Phi) is 6.45. The van der Waals surface area contributed by atoms with E-state index in [9.17, 15) is 19.2 Å². The quantitative estimate of drug-likeness (QED) is 0.489. The molecule has 0 radical (unpaired) electrons. The fraction of sp³-hybridized carbons (Fsp3) is 0.120. The summed E-state index contributed by atoms with van der Waals surface area (Å²) in [7, 11) is 0. The highest BCUT2D eigenvalue weighted by molar-refractivity contribution is 6.02. The molecule has 0 aliphatic carbocycles. The molecule has 1 heterocycles. The van der Waals surface area contributed by atoms with Crippen molar-refractivity contribution in [2.45, 2.75) is 12.6 Å². The Hall–Kier alpha value is -4.46. The number of urea groups is 1. The van der Waals surface area contributed by atoms with Gasteiger partial charge in [-0.25, -0.2) is 4.79 Å². The van der Waals surface area contributed by atoms with E-state index in [2.05, 4.69) is 16.0 Å². The summed E-state index contributed by atoms with van der Waals surface area (Å²) >= 11 is 0. The summed E-state index contributed by atoms with van der Waals surface area (Å²) in [6, 6.07) is 23.1. The number of hydrogen-bond donors (Lipinski definition) is 3. The maximum Gasteiger partial charge on any atom is 0.324 e.